The molecule has 1 aliphatic carbocycles. The van der Waals surface area contributed by atoms with Crippen molar-refractivity contribution in [2.24, 2.45) is 13.0 Å². The van der Waals surface area contributed by atoms with Crippen LogP contribution in [0.4, 0.5) is 0 Å². The summed E-state index contributed by atoms with van der Waals surface area (Å²) >= 11 is 5.35. The van der Waals surface area contributed by atoms with Gasteiger partial charge >= 0.3 is 0 Å². The van der Waals surface area contributed by atoms with Gasteiger partial charge in [0.2, 0.25) is 0 Å². The molecule has 0 N–H and O–H groups in total. The van der Waals surface area contributed by atoms with Gasteiger partial charge in [0.15, 0.2) is 11.0 Å². The molecule has 0 unspecified atom stereocenters. The average molecular weight is 487 g/mol. The minimum atomic E-state index is 0.424. The van der Waals surface area contributed by atoms with E-state index in [1.165, 1.54) is 31.5 Å². The van der Waals surface area contributed by atoms with E-state index in [1.54, 1.807) is 11.8 Å². The van der Waals surface area contributed by atoms with Crippen LogP contribution in [0.3, 0.4) is 0 Å². The highest BCUT2D eigenvalue weighted by molar-refractivity contribution is 9.10. The number of fused-ring (bicyclic) bond motifs is 1. The first-order chi connectivity index (χ1) is 14.5. The molecule has 2 fully saturated rings. The SMILES string of the molecule is Cc1cc(-c2nnc(SCCCN3C[C@H]4C[C@]4(c4ccc(Br)cc4)C3)n2C)c(C)o1. The quantitative estimate of drug-likeness (QED) is 0.338. The summed E-state index contributed by atoms with van der Waals surface area (Å²) in [6.45, 7) is 7.55. The topological polar surface area (TPSA) is 47.1 Å². The Labute approximate surface area is 190 Å². The van der Waals surface area contributed by atoms with Gasteiger partial charge in [-0.2, -0.15) is 0 Å². The molecule has 2 aliphatic rings. The zero-order valence-electron chi connectivity index (χ0n) is 17.7. The number of likely N-dealkylation sites (tertiary alicyclic amines) is 1. The number of thioether (sulfide) groups is 1. The molecule has 2 atom stereocenters. The van der Waals surface area contributed by atoms with Crippen LogP contribution in [0.15, 0.2) is 44.4 Å². The number of hydrogen-bond donors (Lipinski definition) is 0. The maximum absolute atomic E-state index is 5.65. The molecule has 5 rings (SSSR count). The Bertz CT molecular complexity index is 1060. The van der Waals surface area contributed by atoms with Crippen LogP contribution in [0, 0.1) is 19.8 Å². The lowest BCUT2D eigenvalue weighted by Crippen LogP contribution is -2.27. The Morgan fingerprint density at radius 2 is 2.03 bits per heavy atom. The molecular weight excluding hydrogens is 460 g/mol. The summed E-state index contributed by atoms with van der Waals surface area (Å²) in [5, 5.41) is 9.78. The van der Waals surface area contributed by atoms with E-state index in [9.17, 15) is 0 Å². The zero-order chi connectivity index (χ0) is 20.9. The van der Waals surface area contributed by atoms with E-state index < -0.39 is 0 Å². The Hall–Kier alpha value is -1.57. The molecule has 1 saturated heterocycles. The third-order valence-corrected chi connectivity index (χ3v) is 8.24. The van der Waals surface area contributed by atoms with Crippen molar-refractivity contribution < 1.29 is 4.42 Å². The number of aromatic nitrogens is 3. The summed E-state index contributed by atoms with van der Waals surface area (Å²) < 4.78 is 8.89. The van der Waals surface area contributed by atoms with Crippen LogP contribution in [0.25, 0.3) is 11.4 Å². The van der Waals surface area contributed by atoms with Crippen LogP contribution >= 0.6 is 27.7 Å². The van der Waals surface area contributed by atoms with Crippen molar-refractivity contribution in [2.75, 3.05) is 25.4 Å². The number of benzene rings is 1. The minimum absolute atomic E-state index is 0.424. The number of halogens is 1. The van der Waals surface area contributed by atoms with Crippen molar-refractivity contribution in [2.45, 2.75) is 37.3 Å². The molecule has 0 spiro atoms. The van der Waals surface area contributed by atoms with E-state index in [0.29, 0.717) is 5.41 Å². The maximum atomic E-state index is 5.65. The lowest BCUT2D eigenvalue weighted by atomic mass is 9.95. The lowest BCUT2D eigenvalue weighted by Gasteiger charge is -2.21. The molecule has 5 nitrogen and oxygen atoms in total. The van der Waals surface area contributed by atoms with Crippen molar-refractivity contribution in [3.05, 3.63) is 51.9 Å². The number of piperidine rings is 1. The number of nitrogens with zero attached hydrogens (tertiary/aromatic N) is 4. The average Bonchev–Trinajstić information content (AvgIpc) is 2.97. The first-order valence-corrected chi connectivity index (χ1v) is 12.3. The van der Waals surface area contributed by atoms with Crippen molar-refractivity contribution in [3.8, 4) is 11.4 Å². The minimum Gasteiger partial charge on any atom is -0.466 e. The molecule has 7 heteroatoms. The Balaban J connectivity index is 1.13. The Morgan fingerprint density at radius 3 is 2.77 bits per heavy atom. The monoisotopic (exact) mass is 486 g/mol. The highest BCUT2D eigenvalue weighted by atomic mass is 79.9. The Kier molecular flexibility index (Phi) is 5.32. The van der Waals surface area contributed by atoms with Gasteiger partial charge in [-0.05, 0) is 62.9 Å². The van der Waals surface area contributed by atoms with E-state index in [-0.39, 0.29) is 0 Å². The van der Waals surface area contributed by atoms with Crippen LogP contribution in [-0.2, 0) is 12.5 Å². The van der Waals surface area contributed by atoms with Crippen LogP contribution in [0.5, 0.6) is 0 Å². The first kappa shape index (κ1) is 20.3. The zero-order valence-corrected chi connectivity index (χ0v) is 20.1. The highest BCUT2D eigenvalue weighted by Crippen LogP contribution is 2.59. The van der Waals surface area contributed by atoms with Crippen molar-refractivity contribution >= 4 is 27.7 Å². The molecule has 2 aromatic heterocycles. The Morgan fingerprint density at radius 1 is 1.23 bits per heavy atom. The van der Waals surface area contributed by atoms with Gasteiger partial charge in [0.25, 0.3) is 0 Å². The fraction of sp³-hybridized carbons (Fsp3) is 0.478. The molecular formula is C23H27BrN4OS. The van der Waals surface area contributed by atoms with Crippen LogP contribution < -0.4 is 0 Å². The van der Waals surface area contributed by atoms with Gasteiger partial charge in [0, 0.05) is 35.8 Å². The molecule has 1 aliphatic heterocycles. The van der Waals surface area contributed by atoms with Gasteiger partial charge in [-0.15, -0.1) is 10.2 Å². The number of rotatable bonds is 7. The maximum Gasteiger partial charge on any atom is 0.191 e. The molecule has 1 aromatic carbocycles. The van der Waals surface area contributed by atoms with Gasteiger partial charge in [-0.25, -0.2) is 0 Å². The van der Waals surface area contributed by atoms with E-state index >= 15 is 0 Å². The molecule has 0 amide bonds. The second-order valence-corrected chi connectivity index (χ2v) is 10.7. The smallest absolute Gasteiger partial charge is 0.191 e. The summed E-state index contributed by atoms with van der Waals surface area (Å²) in [5.74, 6) is 4.58. The van der Waals surface area contributed by atoms with E-state index in [2.05, 4.69) is 59.9 Å². The number of hydrogen-bond acceptors (Lipinski definition) is 5. The molecule has 3 heterocycles. The lowest BCUT2D eigenvalue weighted by molar-refractivity contribution is 0.299. The molecule has 30 heavy (non-hydrogen) atoms. The fourth-order valence-corrected chi connectivity index (χ4v) is 6.06. The van der Waals surface area contributed by atoms with Crippen molar-refractivity contribution in [3.63, 3.8) is 0 Å². The molecule has 158 valence electrons. The van der Waals surface area contributed by atoms with E-state index in [0.717, 1.165) is 50.8 Å². The van der Waals surface area contributed by atoms with Crippen LogP contribution in [0.2, 0.25) is 0 Å². The third-order valence-electron chi connectivity index (χ3n) is 6.60. The van der Waals surface area contributed by atoms with Crippen molar-refractivity contribution in [1.82, 2.24) is 19.7 Å². The molecule has 0 bridgehead atoms. The van der Waals surface area contributed by atoms with E-state index in [1.807, 2.05) is 27.0 Å². The second kappa shape index (κ2) is 7.84. The summed E-state index contributed by atoms with van der Waals surface area (Å²) in [6.07, 6.45) is 2.52. The molecule has 3 aromatic rings. The first-order valence-electron chi connectivity index (χ1n) is 10.5. The van der Waals surface area contributed by atoms with Crippen LogP contribution in [-0.4, -0.2) is 45.1 Å². The summed E-state index contributed by atoms with van der Waals surface area (Å²) in [5.41, 5.74) is 2.97. The molecule has 1 saturated carbocycles. The van der Waals surface area contributed by atoms with Crippen LogP contribution in [0.1, 0.15) is 29.9 Å². The number of furan rings is 1. The van der Waals surface area contributed by atoms with E-state index in [4.69, 9.17) is 4.42 Å². The predicted molar refractivity (Wildman–Crippen MR) is 124 cm³/mol. The van der Waals surface area contributed by atoms with Gasteiger partial charge in [0.05, 0.1) is 5.56 Å². The van der Waals surface area contributed by atoms with Gasteiger partial charge in [-0.3, -0.25) is 0 Å². The van der Waals surface area contributed by atoms with Gasteiger partial charge in [0.1, 0.15) is 11.5 Å². The molecule has 0 radical (unpaired) electrons. The summed E-state index contributed by atoms with van der Waals surface area (Å²) in [7, 11) is 2.04. The second-order valence-electron chi connectivity index (χ2n) is 8.69. The van der Waals surface area contributed by atoms with Crippen molar-refractivity contribution in [1.29, 1.82) is 0 Å². The fourth-order valence-electron chi connectivity index (χ4n) is 4.97. The largest absolute Gasteiger partial charge is 0.466 e. The third kappa shape index (κ3) is 3.65. The standard InChI is InChI=1S/C23H27BrN4OS/c1-15-11-20(16(2)29-15)21-25-26-22(27(21)3)30-10-4-9-28-13-18-12-23(18,14-28)17-5-7-19(24)8-6-17/h5-8,11,18H,4,9-10,12-14H2,1-3H3/t18-,23-/m1/s1. The predicted octanol–water partition coefficient (Wildman–Crippen LogP) is 5.21. The number of aryl methyl sites for hydroxylation is 2. The highest BCUT2D eigenvalue weighted by Gasteiger charge is 2.60. The normalized spacial score (nSPS) is 23.1. The van der Waals surface area contributed by atoms with Gasteiger partial charge < -0.3 is 13.9 Å². The van der Waals surface area contributed by atoms with Gasteiger partial charge in [-0.1, -0.05) is 39.8 Å². The summed E-state index contributed by atoms with van der Waals surface area (Å²) in [6, 6.07) is 11.0. The summed E-state index contributed by atoms with van der Waals surface area (Å²) in [4.78, 5) is 2.65.